The summed E-state index contributed by atoms with van der Waals surface area (Å²) in [5.41, 5.74) is 1.55. The van der Waals surface area contributed by atoms with E-state index in [0.717, 1.165) is 35.9 Å². The molecule has 0 atom stereocenters. The number of aromatic nitrogens is 2. The van der Waals surface area contributed by atoms with Crippen molar-refractivity contribution in [1.82, 2.24) is 20.8 Å². The van der Waals surface area contributed by atoms with E-state index in [2.05, 4.69) is 36.1 Å². The van der Waals surface area contributed by atoms with Gasteiger partial charge in [0.15, 0.2) is 5.13 Å². The van der Waals surface area contributed by atoms with E-state index in [1.807, 2.05) is 0 Å². The SMILES string of the molecule is CC(C)(C)c1cnc(CSc2cnc(N(CCCC(=O)NO)C(=O)C3CCNCC3)s2)o1. The molecule has 3 N–H and O–H groups in total. The fraction of sp³-hybridized carbons (Fsp3) is 0.619. The van der Waals surface area contributed by atoms with Gasteiger partial charge in [0.1, 0.15) is 5.76 Å². The van der Waals surface area contributed by atoms with Crippen molar-refractivity contribution >= 4 is 40.0 Å². The average molecular weight is 482 g/mol. The molecule has 11 heteroatoms. The standard InChI is InChI=1S/C21H31N5O4S2/c1-21(2,3)15-11-23-17(30-15)13-31-18-12-24-20(32-18)26(10-4-5-16(27)25-29)19(28)14-6-8-22-9-7-14/h11-12,14,22,29H,4-10,13H2,1-3H3,(H,25,27). The van der Waals surface area contributed by atoms with Gasteiger partial charge in [0.05, 0.1) is 22.4 Å². The molecule has 9 nitrogen and oxygen atoms in total. The van der Waals surface area contributed by atoms with Crippen molar-refractivity contribution in [2.45, 2.75) is 61.8 Å². The Labute approximate surface area is 196 Å². The number of hydrogen-bond donors (Lipinski definition) is 3. The fourth-order valence-electron chi connectivity index (χ4n) is 3.34. The molecular weight excluding hydrogens is 450 g/mol. The van der Waals surface area contributed by atoms with Crippen molar-refractivity contribution in [1.29, 1.82) is 0 Å². The number of nitrogens with one attached hydrogen (secondary N) is 2. The maximum absolute atomic E-state index is 13.2. The Morgan fingerprint density at radius 1 is 1.31 bits per heavy atom. The number of rotatable bonds is 9. The van der Waals surface area contributed by atoms with Crippen LogP contribution in [-0.2, 0) is 20.8 Å². The quantitative estimate of drug-likeness (QED) is 0.283. The monoisotopic (exact) mass is 481 g/mol. The highest BCUT2D eigenvalue weighted by molar-refractivity contribution is 8.00. The molecule has 32 heavy (non-hydrogen) atoms. The highest BCUT2D eigenvalue weighted by atomic mass is 32.2. The largest absolute Gasteiger partial charge is 0.444 e. The molecule has 1 fully saturated rings. The van der Waals surface area contributed by atoms with Crippen molar-refractivity contribution in [2.75, 3.05) is 24.5 Å². The second kappa shape index (κ2) is 11.3. The molecule has 0 aliphatic carbocycles. The van der Waals surface area contributed by atoms with Crippen LogP contribution >= 0.6 is 23.1 Å². The number of carbonyl (C=O) groups excluding carboxylic acids is 2. The van der Waals surface area contributed by atoms with E-state index >= 15 is 0 Å². The summed E-state index contributed by atoms with van der Waals surface area (Å²) in [6.07, 6.45) is 5.70. The first-order valence-corrected chi connectivity index (χ1v) is 12.6. The van der Waals surface area contributed by atoms with Crippen LogP contribution < -0.4 is 15.7 Å². The summed E-state index contributed by atoms with van der Waals surface area (Å²) >= 11 is 3.02. The summed E-state index contributed by atoms with van der Waals surface area (Å²) in [6, 6.07) is 0. The highest BCUT2D eigenvalue weighted by Crippen LogP contribution is 2.34. The zero-order valence-corrected chi connectivity index (χ0v) is 20.4. The zero-order chi connectivity index (χ0) is 23.1. The predicted molar refractivity (Wildman–Crippen MR) is 124 cm³/mol. The summed E-state index contributed by atoms with van der Waals surface area (Å²) in [5.74, 6) is 1.62. The van der Waals surface area contributed by atoms with E-state index in [0.29, 0.717) is 29.7 Å². The van der Waals surface area contributed by atoms with Gasteiger partial charge in [-0.2, -0.15) is 0 Å². The molecule has 0 saturated carbocycles. The Balaban J connectivity index is 1.65. The van der Waals surface area contributed by atoms with Gasteiger partial charge < -0.3 is 9.73 Å². The van der Waals surface area contributed by atoms with Crippen LogP contribution in [0, 0.1) is 5.92 Å². The van der Waals surface area contributed by atoms with Gasteiger partial charge in [0.25, 0.3) is 0 Å². The number of piperidine rings is 1. The Bertz CT molecular complexity index is 902. The maximum atomic E-state index is 13.2. The molecule has 3 heterocycles. The van der Waals surface area contributed by atoms with Crippen LogP contribution in [0.1, 0.15) is 58.1 Å². The molecule has 0 aromatic carbocycles. The third-order valence-corrected chi connectivity index (χ3v) is 7.40. The number of hydroxylamine groups is 1. The van der Waals surface area contributed by atoms with Gasteiger partial charge in [-0.05, 0) is 32.4 Å². The molecule has 0 bridgehead atoms. The van der Waals surface area contributed by atoms with Gasteiger partial charge in [0.2, 0.25) is 17.7 Å². The van der Waals surface area contributed by atoms with E-state index in [4.69, 9.17) is 9.62 Å². The normalized spacial score (nSPS) is 15.0. The minimum absolute atomic E-state index is 0.0457. The lowest BCUT2D eigenvalue weighted by atomic mass is 9.94. The summed E-state index contributed by atoms with van der Waals surface area (Å²) in [4.78, 5) is 35.1. The molecule has 0 unspecified atom stereocenters. The van der Waals surface area contributed by atoms with Crippen LogP contribution in [0.4, 0.5) is 5.13 Å². The summed E-state index contributed by atoms with van der Waals surface area (Å²) < 4.78 is 6.82. The lowest BCUT2D eigenvalue weighted by Crippen LogP contribution is -2.41. The summed E-state index contributed by atoms with van der Waals surface area (Å²) in [5, 5.41) is 12.6. The zero-order valence-electron chi connectivity index (χ0n) is 18.7. The van der Waals surface area contributed by atoms with E-state index in [9.17, 15) is 9.59 Å². The number of carbonyl (C=O) groups is 2. The van der Waals surface area contributed by atoms with Crippen LogP contribution in [0.15, 0.2) is 21.0 Å². The van der Waals surface area contributed by atoms with Crippen molar-refractivity contribution in [3.05, 3.63) is 24.0 Å². The Morgan fingerprint density at radius 2 is 2.06 bits per heavy atom. The fourth-order valence-corrected chi connectivity index (χ4v) is 5.19. The minimum Gasteiger partial charge on any atom is -0.444 e. The van der Waals surface area contributed by atoms with E-state index in [-0.39, 0.29) is 23.7 Å². The second-order valence-electron chi connectivity index (χ2n) is 8.77. The predicted octanol–water partition coefficient (Wildman–Crippen LogP) is 3.34. The summed E-state index contributed by atoms with van der Waals surface area (Å²) in [7, 11) is 0. The van der Waals surface area contributed by atoms with Gasteiger partial charge in [-0.3, -0.25) is 19.7 Å². The van der Waals surface area contributed by atoms with Crippen LogP contribution in [0.3, 0.4) is 0 Å². The van der Waals surface area contributed by atoms with Crippen LogP contribution in [0.2, 0.25) is 0 Å². The van der Waals surface area contributed by atoms with Gasteiger partial charge in [0, 0.05) is 24.3 Å². The van der Waals surface area contributed by atoms with Crippen molar-refractivity contribution in [2.24, 2.45) is 5.92 Å². The smallest absolute Gasteiger partial charge is 0.243 e. The van der Waals surface area contributed by atoms with Crippen LogP contribution in [0.25, 0.3) is 0 Å². The number of amides is 2. The Hall–Kier alpha value is -1.95. The molecular formula is C21H31N5O4S2. The minimum atomic E-state index is -0.463. The number of nitrogens with zero attached hydrogens (tertiary/aromatic N) is 3. The molecule has 1 aliphatic heterocycles. The van der Waals surface area contributed by atoms with E-state index in [1.165, 1.54) is 11.3 Å². The first-order valence-electron chi connectivity index (χ1n) is 10.8. The van der Waals surface area contributed by atoms with E-state index in [1.54, 1.807) is 34.5 Å². The number of anilines is 1. The average Bonchev–Trinajstić information content (AvgIpc) is 3.45. The molecule has 1 aliphatic rings. The molecule has 3 rings (SSSR count). The third kappa shape index (κ3) is 6.77. The van der Waals surface area contributed by atoms with Crippen molar-refractivity contribution < 1.29 is 19.2 Å². The maximum Gasteiger partial charge on any atom is 0.243 e. The summed E-state index contributed by atoms with van der Waals surface area (Å²) in [6.45, 7) is 8.27. The Kier molecular flexibility index (Phi) is 8.69. The lowest BCUT2D eigenvalue weighted by molar-refractivity contribution is -0.129. The third-order valence-electron chi connectivity index (χ3n) is 5.20. The molecule has 0 spiro atoms. The second-order valence-corrected chi connectivity index (χ2v) is 11.1. The molecule has 1 saturated heterocycles. The van der Waals surface area contributed by atoms with Gasteiger partial charge in [-0.25, -0.2) is 15.4 Å². The highest BCUT2D eigenvalue weighted by Gasteiger charge is 2.28. The molecule has 176 valence electrons. The van der Waals surface area contributed by atoms with Crippen LogP contribution in [-0.4, -0.2) is 46.6 Å². The van der Waals surface area contributed by atoms with Crippen molar-refractivity contribution in [3.8, 4) is 0 Å². The molecule has 2 aromatic rings. The lowest BCUT2D eigenvalue weighted by Gasteiger charge is -2.28. The number of thioether (sulfide) groups is 1. The van der Waals surface area contributed by atoms with Gasteiger partial charge in [-0.15, -0.1) is 11.8 Å². The molecule has 2 amide bonds. The first-order chi connectivity index (χ1) is 15.3. The van der Waals surface area contributed by atoms with E-state index < -0.39 is 5.91 Å². The molecule has 2 aromatic heterocycles. The number of hydrogen-bond acceptors (Lipinski definition) is 9. The van der Waals surface area contributed by atoms with Gasteiger partial charge >= 0.3 is 0 Å². The first kappa shape index (κ1) is 24.7. The number of thiazole rings is 1. The van der Waals surface area contributed by atoms with Gasteiger partial charge in [-0.1, -0.05) is 32.1 Å². The van der Waals surface area contributed by atoms with Crippen LogP contribution in [0.5, 0.6) is 0 Å². The number of oxazole rings is 1. The molecule has 0 radical (unpaired) electrons. The van der Waals surface area contributed by atoms with Crippen molar-refractivity contribution in [3.63, 3.8) is 0 Å². The Morgan fingerprint density at radius 3 is 2.72 bits per heavy atom. The topological polar surface area (TPSA) is 121 Å².